The van der Waals surface area contributed by atoms with Crippen molar-refractivity contribution in [3.8, 4) is 0 Å². The molecule has 0 spiro atoms. The van der Waals surface area contributed by atoms with Crippen molar-refractivity contribution in [2.24, 2.45) is 11.8 Å². The summed E-state index contributed by atoms with van der Waals surface area (Å²) in [5, 5.41) is 9.58. The number of rotatable bonds is 6. The summed E-state index contributed by atoms with van der Waals surface area (Å²) >= 11 is 0. The van der Waals surface area contributed by atoms with Crippen LogP contribution in [0.4, 0.5) is 0 Å². The zero-order valence-corrected chi connectivity index (χ0v) is 10.8. The fourth-order valence-electron chi connectivity index (χ4n) is 2.25. The van der Waals surface area contributed by atoms with Gasteiger partial charge in [0.05, 0.1) is 5.76 Å². The van der Waals surface area contributed by atoms with Gasteiger partial charge >= 0.3 is 0 Å². The molecule has 0 bridgehead atoms. The molecule has 1 N–H and O–H groups in total. The van der Waals surface area contributed by atoms with E-state index in [-0.39, 0.29) is 5.78 Å². The number of aliphatic hydroxyl groups excluding tert-OH is 1. The minimum atomic E-state index is 0.160. The molecule has 1 rings (SSSR count). The standard InChI is InChI=1S/C14H24O2/c1-10(2)5-4-6-11(3)9-12-13(15)7-8-14(12)16/h10-11,15H,4-9H2,1-3H3/t11-/m1/s1. The summed E-state index contributed by atoms with van der Waals surface area (Å²) in [4.78, 5) is 11.5. The third-order valence-electron chi connectivity index (χ3n) is 3.30. The highest BCUT2D eigenvalue weighted by Gasteiger charge is 2.23. The smallest absolute Gasteiger partial charge is 0.162 e. The molecule has 0 amide bonds. The van der Waals surface area contributed by atoms with E-state index in [0.29, 0.717) is 30.1 Å². The number of carbonyl (C=O) groups excluding carboxylic acids is 1. The van der Waals surface area contributed by atoms with Gasteiger partial charge in [0.1, 0.15) is 0 Å². The van der Waals surface area contributed by atoms with Crippen molar-refractivity contribution in [2.45, 2.75) is 59.3 Å². The van der Waals surface area contributed by atoms with Gasteiger partial charge in [0, 0.05) is 18.4 Å². The second-order valence-electron chi connectivity index (χ2n) is 5.48. The van der Waals surface area contributed by atoms with Crippen LogP contribution in [0.5, 0.6) is 0 Å². The molecule has 16 heavy (non-hydrogen) atoms. The highest BCUT2D eigenvalue weighted by atomic mass is 16.3. The maximum atomic E-state index is 11.5. The maximum Gasteiger partial charge on any atom is 0.162 e. The Balaban J connectivity index is 2.31. The Hall–Kier alpha value is -0.790. The van der Waals surface area contributed by atoms with Crippen LogP contribution in [0.2, 0.25) is 0 Å². The number of ketones is 1. The van der Waals surface area contributed by atoms with Gasteiger partial charge < -0.3 is 5.11 Å². The molecule has 0 radical (unpaired) electrons. The lowest BCUT2D eigenvalue weighted by molar-refractivity contribution is -0.115. The molecule has 92 valence electrons. The molecule has 0 aromatic carbocycles. The van der Waals surface area contributed by atoms with E-state index in [9.17, 15) is 9.90 Å². The fraction of sp³-hybridized carbons (Fsp3) is 0.786. The first kappa shape index (κ1) is 13.3. The first-order valence-electron chi connectivity index (χ1n) is 6.45. The van der Waals surface area contributed by atoms with Crippen LogP contribution in [0.15, 0.2) is 11.3 Å². The quantitative estimate of drug-likeness (QED) is 0.740. The molecule has 2 nitrogen and oxygen atoms in total. The second-order valence-corrected chi connectivity index (χ2v) is 5.48. The van der Waals surface area contributed by atoms with Crippen molar-refractivity contribution < 1.29 is 9.90 Å². The van der Waals surface area contributed by atoms with Crippen molar-refractivity contribution in [1.82, 2.24) is 0 Å². The van der Waals surface area contributed by atoms with E-state index >= 15 is 0 Å². The first-order valence-corrected chi connectivity index (χ1v) is 6.45. The van der Waals surface area contributed by atoms with E-state index in [1.54, 1.807) is 0 Å². The van der Waals surface area contributed by atoms with E-state index in [2.05, 4.69) is 20.8 Å². The van der Waals surface area contributed by atoms with Crippen molar-refractivity contribution in [3.63, 3.8) is 0 Å². The van der Waals surface area contributed by atoms with Gasteiger partial charge in [-0.05, 0) is 18.3 Å². The molecule has 1 aliphatic carbocycles. The zero-order valence-electron chi connectivity index (χ0n) is 10.8. The van der Waals surface area contributed by atoms with Gasteiger partial charge in [0.15, 0.2) is 5.78 Å². The number of aliphatic hydroxyl groups is 1. The van der Waals surface area contributed by atoms with Crippen LogP contribution in [0, 0.1) is 11.8 Å². The summed E-state index contributed by atoms with van der Waals surface area (Å²) in [6.45, 7) is 6.64. The fourth-order valence-corrected chi connectivity index (χ4v) is 2.25. The summed E-state index contributed by atoms with van der Waals surface area (Å²) in [7, 11) is 0. The molecule has 0 aliphatic heterocycles. The molecule has 1 aliphatic rings. The average Bonchev–Trinajstić information content (AvgIpc) is 2.49. The Bertz CT molecular complexity index is 276. The number of hydrogen-bond acceptors (Lipinski definition) is 2. The lowest BCUT2D eigenvalue weighted by Crippen LogP contribution is -2.04. The van der Waals surface area contributed by atoms with E-state index in [4.69, 9.17) is 0 Å². The third kappa shape index (κ3) is 3.99. The van der Waals surface area contributed by atoms with Gasteiger partial charge in [0.25, 0.3) is 0 Å². The summed E-state index contributed by atoms with van der Waals surface area (Å²) in [5.74, 6) is 1.78. The van der Waals surface area contributed by atoms with E-state index < -0.39 is 0 Å². The van der Waals surface area contributed by atoms with Crippen LogP contribution in [0.1, 0.15) is 59.3 Å². The van der Waals surface area contributed by atoms with Crippen molar-refractivity contribution in [2.75, 3.05) is 0 Å². The summed E-state index contributed by atoms with van der Waals surface area (Å²) in [6.07, 6.45) is 5.47. The summed E-state index contributed by atoms with van der Waals surface area (Å²) in [5.41, 5.74) is 0.706. The lowest BCUT2D eigenvalue weighted by atomic mass is 9.93. The van der Waals surface area contributed by atoms with E-state index in [0.717, 1.165) is 18.8 Å². The van der Waals surface area contributed by atoms with Gasteiger partial charge in [-0.3, -0.25) is 4.79 Å². The monoisotopic (exact) mass is 224 g/mol. The Labute approximate surface area is 98.7 Å². The number of carbonyl (C=O) groups is 1. The zero-order chi connectivity index (χ0) is 12.1. The number of Topliss-reactive ketones (excluding diaryl/α,β-unsaturated/α-hetero) is 1. The number of hydrogen-bond donors (Lipinski definition) is 1. The molecular weight excluding hydrogens is 200 g/mol. The lowest BCUT2D eigenvalue weighted by Gasteiger charge is -2.12. The molecule has 0 unspecified atom stereocenters. The Morgan fingerprint density at radius 3 is 2.38 bits per heavy atom. The Morgan fingerprint density at radius 1 is 1.19 bits per heavy atom. The van der Waals surface area contributed by atoms with Crippen molar-refractivity contribution in [1.29, 1.82) is 0 Å². The molecule has 0 heterocycles. The van der Waals surface area contributed by atoms with Crippen molar-refractivity contribution in [3.05, 3.63) is 11.3 Å². The van der Waals surface area contributed by atoms with E-state index in [1.165, 1.54) is 12.8 Å². The average molecular weight is 224 g/mol. The third-order valence-corrected chi connectivity index (χ3v) is 3.30. The van der Waals surface area contributed by atoms with E-state index in [1.807, 2.05) is 0 Å². The minimum absolute atomic E-state index is 0.160. The topological polar surface area (TPSA) is 37.3 Å². The molecule has 0 aromatic rings. The molecular formula is C14H24O2. The Morgan fingerprint density at radius 2 is 1.88 bits per heavy atom. The molecule has 0 saturated carbocycles. The van der Waals surface area contributed by atoms with Crippen LogP contribution in [-0.2, 0) is 4.79 Å². The SMILES string of the molecule is CC(C)CCC[C@@H](C)CC1=C(O)CCC1=O. The molecule has 0 fully saturated rings. The Kier molecular flexibility index (Phi) is 5.04. The van der Waals surface area contributed by atoms with Gasteiger partial charge in [-0.15, -0.1) is 0 Å². The van der Waals surface area contributed by atoms with Crippen molar-refractivity contribution >= 4 is 5.78 Å². The van der Waals surface area contributed by atoms with Gasteiger partial charge in [-0.1, -0.05) is 40.0 Å². The molecule has 2 heteroatoms. The second kappa shape index (κ2) is 6.07. The predicted molar refractivity (Wildman–Crippen MR) is 66.4 cm³/mol. The highest BCUT2D eigenvalue weighted by Crippen LogP contribution is 2.28. The summed E-state index contributed by atoms with van der Waals surface area (Å²) in [6, 6.07) is 0. The van der Waals surface area contributed by atoms with Crippen LogP contribution >= 0.6 is 0 Å². The number of allylic oxidation sites excluding steroid dienone is 2. The maximum absolute atomic E-state index is 11.5. The van der Waals surface area contributed by atoms with Gasteiger partial charge in [-0.2, -0.15) is 0 Å². The van der Waals surface area contributed by atoms with Gasteiger partial charge in [0.2, 0.25) is 0 Å². The van der Waals surface area contributed by atoms with Crippen LogP contribution < -0.4 is 0 Å². The minimum Gasteiger partial charge on any atom is -0.512 e. The first-order chi connectivity index (χ1) is 7.50. The van der Waals surface area contributed by atoms with Crippen LogP contribution in [-0.4, -0.2) is 10.9 Å². The van der Waals surface area contributed by atoms with Crippen LogP contribution in [0.25, 0.3) is 0 Å². The predicted octanol–water partition coefficient (Wildman–Crippen LogP) is 4.01. The largest absolute Gasteiger partial charge is 0.512 e. The summed E-state index contributed by atoms with van der Waals surface area (Å²) < 4.78 is 0. The molecule has 1 atom stereocenters. The molecule has 0 aromatic heterocycles. The van der Waals surface area contributed by atoms with Crippen LogP contribution in [0.3, 0.4) is 0 Å². The molecule has 0 saturated heterocycles. The highest BCUT2D eigenvalue weighted by molar-refractivity contribution is 5.98. The van der Waals surface area contributed by atoms with Gasteiger partial charge in [-0.25, -0.2) is 0 Å². The normalized spacial score (nSPS) is 18.6.